The van der Waals surface area contributed by atoms with Gasteiger partial charge in [0.15, 0.2) is 0 Å². The Balaban J connectivity index is 3.35. The molecule has 8 heteroatoms. The van der Waals surface area contributed by atoms with Crippen molar-refractivity contribution in [2.24, 2.45) is 0 Å². The average molecular weight is 371 g/mol. The van der Waals surface area contributed by atoms with Gasteiger partial charge < -0.3 is 9.47 Å². The van der Waals surface area contributed by atoms with E-state index in [-0.39, 0.29) is 14.7 Å². The van der Waals surface area contributed by atoms with Crippen molar-refractivity contribution < 1.29 is 27.4 Å². The van der Waals surface area contributed by atoms with Gasteiger partial charge in [-0.1, -0.05) is 0 Å². The van der Waals surface area contributed by atoms with Crippen molar-refractivity contribution in [3.63, 3.8) is 0 Å². The molecule has 0 radical (unpaired) electrons. The quantitative estimate of drug-likeness (QED) is 0.593. The highest BCUT2D eigenvalue weighted by molar-refractivity contribution is 14.1. The Kier molecular flexibility index (Phi) is 4.39. The Hall–Kier alpha value is -1.50. The number of carbonyl (C=O) groups excluding carboxylic acids is 1. The van der Waals surface area contributed by atoms with Crippen molar-refractivity contribution >= 4 is 28.6 Å². The number of halogens is 4. The molecule has 0 spiro atoms. The third kappa shape index (κ3) is 3.49. The second-order valence-corrected chi connectivity index (χ2v) is 4.07. The molecule has 1 aromatic rings. The van der Waals surface area contributed by atoms with E-state index in [9.17, 15) is 18.0 Å². The molecule has 1 aromatic carbocycles. The molecule has 18 heavy (non-hydrogen) atoms. The van der Waals surface area contributed by atoms with Crippen LogP contribution in [0.4, 0.5) is 13.2 Å². The predicted octanol–water partition coefficient (Wildman–Crippen LogP) is 2.85. The van der Waals surface area contributed by atoms with Gasteiger partial charge in [0.2, 0.25) is 0 Å². The number of alkyl halides is 3. The van der Waals surface area contributed by atoms with E-state index in [1.54, 1.807) is 6.07 Å². The molecule has 0 heterocycles. The first-order chi connectivity index (χ1) is 8.28. The second-order valence-electron chi connectivity index (χ2n) is 2.99. The molecular weight excluding hydrogens is 366 g/mol. The zero-order valence-corrected chi connectivity index (χ0v) is 11.0. The molecule has 0 atom stereocenters. The highest BCUT2D eigenvalue weighted by Crippen LogP contribution is 2.31. The molecule has 0 saturated carbocycles. The predicted molar refractivity (Wildman–Crippen MR) is 61.9 cm³/mol. The van der Waals surface area contributed by atoms with E-state index >= 15 is 0 Å². The van der Waals surface area contributed by atoms with Crippen molar-refractivity contribution in [3.05, 3.63) is 26.8 Å². The molecule has 0 amide bonds. The van der Waals surface area contributed by atoms with Crippen LogP contribution in [-0.2, 0) is 4.74 Å². The molecule has 4 nitrogen and oxygen atoms in total. The smallest absolute Gasteiger partial charge is 0.465 e. The minimum atomic E-state index is -4.90. The SMILES string of the molecule is COC(=O)c1cc(C#N)cc(OC(F)(F)F)c1I. The zero-order chi connectivity index (χ0) is 13.9. The first kappa shape index (κ1) is 14.6. The Morgan fingerprint density at radius 2 is 2.06 bits per heavy atom. The highest BCUT2D eigenvalue weighted by atomic mass is 127. The normalized spacial score (nSPS) is 10.7. The van der Waals surface area contributed by atoms with Gasteiger partial charge in [-0.15, -0.1) is 13.2 Å². The summed E-state index contributed by atoms with van der Waals surface area (Å²) in [5, 5.41) is 8.69. The summed E-state index contributed by atoms with van der Waals surface area (Å²) in [5.74, 6) is -1.45. The number of nitriles is 1. The summed E-state index contributed by atoms with van der Waals surface area (Å²) in [6, 6.07) is 3.68. The summed E-state index contributed by atoms with van der Waals surface area (Å²) in [6.07, 6.45) is -4.90. The van der Waals surface area contributed by atoms with Crippen LogP contribution in [0.3, 0.4) is 0 Å². The molecule has 0 fully saturated rings. The summed E-state index contributed by atoms with van der Waals surface area (Å²) in [6.45, 7) is 0. The number of esters is 1. The number of carbonyl (C=O) groups is 1. The van der Waals surface area contributed by atoms with Crippen LogP contribution in [-0.4, -0.2) is 19.4 Å². The van der Waals surface area contributed by atoms with Gasteiger partial charge in [-0.25, -0.2) is 4.79 Å². The maximum atomic E-state index is 12.1. The van der Waals surface area contributed by atoms with Gasteiger partial charge in [0, 0.05) is 0 Å². The topological polar surface area (TPSA) is 59.3 Å². The van der Waals surface area contributed by atoms with Gasteiger partial charge in [-0.05, 0) is 34.7 Å². The first-order valence-corrected chi connectivity index (χ1v) is 5.44. The lowest BCUT2D eigenvalue weighted by Crippen LogP contribution is -2.19. The number of rotatable bonds is 2. The summed E-state index contributed by atoms with van der Waals surface area (Å²) in [4.78, 5) is 11.3. The monoisotopic (exact) mass is 371 g/mol. The standard InChI is InChI=1S/C10H5F3INO3/c1-17-9(16)6-2-5(4-15)3-7(8(6)14)18-10(11,12)13/h2-3H,1H3. The van der Waals surface area contributed by atoms with Crippen molar-refractivity contribution in [1.29, 1.82) is 5.26 Å². The average Bonchev–Trinajstić information content (AvgIpc) is 2.29. The minimum absolute atomic E-state index is 0.0734. The fraction of sp³-hybridized carbons (Fsp3) is 0.200. The molecule has 96 valence electrons. The molecule has 0 aliphatic rings. The van der Waals surface area contributed by atoms with Gasteiger partial charge in [-0.3, -0.25) is 0 Å². The lowest BCUT2D eigenvalue weighted by atomic mass is 10.1. The van der Waals surface area contributed by atoms with E-state index in [4.69, 9.17) is 5.26 Å². The van der Waals surface area contributed by atoms with E-state index in [2.05, 4.69) is 9.47 Å². The number of hydrogen-bond acceptors (Lipinski definition) is 4. The van der Waals surface area contributed by atoms with E-state index in [1.807, 2.05) is 0 Å². The fourth-order valence-corrected chi connectivity index (χ4v) is 1.76. The maximum Gasteiger partial charge on any atom is 0.573 e. The zero-order valence-electron chi connectivity index (χ0n) is 8.84. The molecule has 0 aliphatic heterocycles. The van der Waals surface area contributed by atoms with Crippen LogP contribution in [0.1, 0.15) is 15.9 Å². The fourth-order valence-electron chi connectivity index (χ4n) is 1.12. The molecular formula is C10H5F3INO3. The van der Waals surface area contributed by atoms with E-state index < -0.39 is 18.1 Å². The molecule has 0 aromatic heterocycles. The van der Waals surface area contributed by atoms with Crippen molar-refractivity contribution in [2.45, 2.75) is 6.36 Å². The number of methoxy groups -OCH3 is 1. The Labute approximate surface area is 113 Å². The number of ether oxygens (including phenoxy) is 2. The van der Waals surface area contributed by atoms with Gasteiger partial charge in [0.25, 0.3) is 0 Å². The van der Waals surface area contributed by atoms with Gasteiger partial charge in [0.1, 0.15) is 5.75 Å². The molecule has 0 saturated heterocycles. The van der Waals surface area contributed by atoms with Crippen LogP contribution in [0.25, 0.3) is 0 Å². The Bertz CT molecular complexity index is 522. The third-order valence-electron chi connectivity index (χ3n) is 1.80. The molecule has 0 N–H and O–H groups in total. The largest absolute Gasteiger partial charge is 0.573 e. The van der Waals surface area contributed by atoms with Crippen LogP contribution >= 0.6 is 22.6 Å². The van der Waals surface area contributed by atoms with Crippen molar-refractivity contribution in [2.75, 3.05) is 7.11 Å². The summed E-state index contributed by atoms with van der Waals surface area (Å²) in [5.41, 5.74) is -0.286. The van der Waals surface area contributed by atoms with Crippen LogP contribution in [0.15, 0.2) is 12.1 Å². The van der Waals surface area contributed by atoms with Crippen molar-refractivity contribution in [1.82, 2.24) is 0 Å². The van der Waals surface area contributed by atoms with Crippen LogP contribution < -0.4 is 4.74 Å². The van der Waals surface area contributed by atoms with Gasteiger partial charge in [0.05, 0.1) is 27.9 Å². The summed E-state index contributed by atoms with van der Waals surface area (Å²) < 4.78 is 44.5. The van der Waals surface area contributed by atoms with Crippen LogP contribution in [0, 0.1) is 14.9 Å². The molecule has 1 rings (SSSR count). The maximum absolute atomic E-state index is 12.1. The van der Waals surface area contributed by atoms with Crippen LogP contribution in [0.5, 0.6) is 5.75 Å². The van der Waals surface area contributed by atoms with Crippen molar-refractivity contribution in [3.8, 4) is 11.8 Å². The second kappa shape index (κ2) is 5.43. The third-order valence-corrected chi connectivity index (χ3v) is 2.91. The Morgan fingerprint density at radius 1 is 1.44 bits per heavy atom. The number of benzene rings is 1. The first-order valence-electron chi connectivity index (χ1n) is 4.36. The number of nitrogens with zero attached hydrogens (tertiary/aromatic N) is 1. The van der Waals surface area contributed by atoms with E-state index in [0.29, 0.717) is 0 Å². The molecule has 0 unspecified atom stereocenters. The molecule has 0 aliphatic carbocycles. The minimum Gasteiger partial charge on any atom is -0.465 e. The van der Waals surface area contributed by atoms with Crippen LogP contribution in [0.2, 0.25) is 0 Å². The lowest BCUT2D eigenvalue weighted by Gasteiger charge is -2.12. The van der Waals surface area contributed by atoms with E-state index in [1.165, 1.54) is 22.6 Å². The number of hydrogen-bond donors (Lipinski definition) is 0. The Morgan fingerprint density at radius 3 is 2.50 bits per heavy atom. The van der Waals surface area contributed by atoms with Gasteiger partial charge >= 0.3 is 12.3 Å². The summed E-state index contributed by atoms with van der Waals surface area (Å²) >= 11 is 1.52. The highest BCUT2D eigenvalue weighted by Gasteiger charge is 2.33. The van der Waals surface area contributed by atoms with E-state index in [0.717, 1.165) is 19.2 Å². The molecule has 0 bridgehead atoms. The lowest BCUT2D eigenvalue weighted by molar-refractivity contribution is -0.275. The summed E-state index contributed by atoms with van der Waals surface area (Å²) in [7, 11) is 1.09. The van der Waals surface area contributed by atoms with Gasteiger partial charge in [-0.2, -0.15) is 5.26 Å².